The number of rotatable bonds is 0. The molecule has 0 aromatic heterocycles. The first-order valence-corrected chi connectivity index (χ1v) is 7.70. The summed E-state index contributed by atoms with van der Waals surface area (Å²) in [6, 6.07) is 0.299. The van der Waals surface area contributed by atoms with Crippen molar-refractivity contribution in [2.24, 2.45) is 17.1 Å². The molecule has 1 aliphatic carbocycles. The van der Waals surface area contributed by atoms with Gasteiger partial charge in [-0.05, 0) is 42.4 Å². The number of hydrogen-bond acceptors (Lipinski definition) is 4. The van der Waals surface area contributed by atoms with E-state index in [2.05, 4.69) is 20.8 Å². The molecule has 4 nitrogen and oxygen atoms in total. The third kappa shape index (κ3) is 3.82. The number of nitrogens with two attached hydrogens (primary N) is 1. The molecule has 4 unspecified atom stereocenters. The molecule has 4 atom stereocenters. The van der Waals surface area contributed by atoms with Gasteiger partial charge in [0.2, 0.25) is 0 Å². The maximum absolute atomic E-state index is 7.09. The van der Waals surface area contributed by atoms with Crippen LogP contribution in [0.25, 0.3) is 0 Å². The fourth-order valence-electron chi connectivity index (χ4n) is 3.14. The monoisotopic (exact) mass is 309 g/mol. The van der Waals surface area contributed by atoms with E-state index in [1.807, 2.05) is 0 Å². The van der Waals surface area contributed by atoms with Crippen molar-refractivity contribution in [2.45, 2.75) is 51.9 Å². The highest BCUT2D eigenvalue weighted by Crippen LogP contribution is 2.46. The molecule has 0 aromatic carbocycles. The van der Waals surface area contributed by atoms with Crippen LogP contribution in [0.15, 0.2) is 23.3 Å². The van der Waals surface area contributed by atoms with Gasteiger partial charge in [-0.2, -0.15) is 0 Å². The predicted octanol–water partition coefficient (Wildman–Crippen LogP) is 3.26. The van der Waals surface area contributed by atoms with E-state index in [0.29, 0.717) is 34.6 Å². The smallest absolute Gasteiger partial charge is 0.0804 e. The Morgan fingerprint density at radius 1 is 1.19 bits per heavy atom. The van der Waals surface area contributed by atoms with E-state index in [1.54, 1.807) is 6.08 Å². The highest BCUT2D eigenvalue weighted by Gasteiger charge is 2.49. The second kappa shape index (κ2) is 6.03. The molecule has 0 radical (unpaired) electrons. The van der Waals surface area contributed by atoms with Gasteiger partial charge in [0.25, 0.3) is 0 Å². The van der Waals surface area contributed by atoms with E-state index < -0.39 is 0 Å². The Balaban J connectivity index is 0.000000161. The Hall–Kier alpha value is -0.970. The average molecular weight is 310 g/mol. The Morgan fingerprint density at radius 3 is 2.24 bits per heavy atom. The quantitative estimate of drug-likeness (QED) is 0.600. The van der Waals surface area contributed by atoms with Gasteiger partial charge in [-0.3, -0.25) is 10.8 Å². The summed E-state index contributed by atoms with van der Waals surface area (Å²) in [5.74, 6) is 0.672. The van der Waals surface area contributed by atoms with Crippen LogP contribution in [0.2, 0.25) is 0 Å². The second-order valence-corrected chi connectivity index (χ2v) is 7.46. The van der Waals surface area contributed by atoms with E-state index in [9.17, 15) is 0 Å². The van der Waals surface area contributed by atoms with Gasteiger partial charge >= 0.3 is 0 Å². The summed E-state index contributed by atoms with van der Waals surface area (Å²) in [5, 5.41) is 14.7. The highest BCUT2D eigenvalue weighted by atomic mass is 35.5. The van der Waals surface area contributed by atoms with Crippen LogP contribution < -0.4 is 5.73 Å². The molecule has 2 bridgehead atoms. The Labute approximate surface area is 131 Å². The second-order valence-electron chi connectivity index (χ2n) is 7.02. The summed E-state index contributed by atoms with van der Waals surface area (Å²) >= 11 is 5.51. The largest absolute Gasteiger partial charge is 0.373 e. The van der Waals surface area contributed by atoms with Crippen LogP contribution in [0.4, 0.5) is 0 Å². The number of allylic oxidation sites excluding steroid dienone is 4. The first-order chi connectivity index (χ1) is 9.68. The third-order valence-corrected chi connectivity index (χ3v) is 4.55. The SMILES string of the molecule is CC(C)(C)C1CC2CC(N)C1O2.N=C1C=CC(Cl)=CC1=N. The third-order valence-electron chi connectivity index (χ3n) is 4.31. The molecule has 2 saturated heterocycles. The van der Waals surface area contributed by atoms with Crippen LogP contribution in [0.5, 0.6) is 0 Å². The molecule has 2 heterocycles. The van der Waals surface area contributed by atoms with Gasteiger partial charge in [-0.1, -0.05) is 32.4 Å². The van der Waals surface area contributed by atoms with Crippen molar-refractivity contribution < 1.29 is 4.74 Å². The molecule has 0 spiro atoms. The van der Waals surface area contributed by atoms with Gasteiger partial charge in [0.15, 0.2) is 0 Å². The number of nitrogens with one attached hydrogen (secondary N) is 2. The summed E-state index contributed by atoms with van der Waals surface area (Å²) in [6.45, 7) is 6.86. The van der Waals surface area contributed by atoms with Crippen LogP contribution in [0.3, 0.4) is 0 Å². The Kier molecular flexibility index (Phi) is 4.71. The molecule has 21 heavy (non-hydrogen) atoms. The van der Waals surface area contributed by atoms with Gasteiger partial charge in [0, 0.05) is 11.1 Å². The fraction of sp³-hybridized carbons (Fsp3) is 0.625. The van der Waals surface area contributed by atoms with E-state index >= 15 is 0 Å². The Bertz CT molecular complexity index is 504. The molecular formula is C16H24ClN3O. The lowest BCUT2D eigenvalue weighted by Gasteiger charge is -2.34. The van der Waals surface area contributed by atoms with Crippen molar-refractivity contribution in [1.29, 1.82) is 10.8 Å². The van der Waals surface area contributed by atoms with Crippen LogP contribution in [-0.2, 0) is 4.74 Å². The van der Waals surface area contributed by atoms with Crippen molar-refractivity contribution >= 4 is 23.0 Å². The molecule has 2 fully saturated rings. The zero-order valence-corrected chi connectivity index (χ0v) is 13.6. The molecule has 0 aromatic rings. The van der Waals surface area contributed by atoms with Gasteiger partial charge in [0.05, 0.1) is 23.6 Å². The maximum atomic E-state index is 7.09. The van der Waals surface area contributed by atoms with Crippen LogP contribution in [0.1, 0.15) is 33.6 Å². The first-order valence-electron chi connectivity index (χ1n) is 7.32. The molecule has 0 saturated carbocycles. The number of ether oxygens (including phenoxy) is 1. The molecule has 4 N–H and O–H groups in total. The minimum atomic E-state index is 0.169. The van der Waals surface area contributed by atoms with Crippen molar-refractivity contribution in [3.8, 4) is 0 Å². The molecule has 116 valence electrons. The lowest BCUT2D eigenvalue weighted by atomic mass is 9.71. The van der Waals surface area contributed by atoms with E-state index in [4.69, 9.17) is 32.9 Å². The molecule has 5 heteroatoms. The summed E-state index contributed by atoms with van der Waals surface area (Å²) in [4.78, 5) is 0. The van der Waals surface area contributed by atoms with Crippen molar-refractivity contribution in [2.75, 3.05) is 0 Å². The topological polar surface area (TPSA) is 83.0 Å². The van der Waals surface area contributed by atoms with E-state index in [0.717, 1.165) is 6.42 Å². The zero-order chi connectivity index (χ0) is 15.8. The van der Waals surface area contributed by atoms with Crippen molar-refractivity contribution in [3.05, 3.63) is 23.3 Å². The minimum absolute atomic E-state index is 0.169. The molecular weight excluding hydrogens is 286 g/mol. The highest BCUT2D eigenvalue weighted by molar-refractivity contribution is 6.51. The molecule has 3 rings (SSSR count). The lowest BCUT2D eigenvalue weighted by Crippen LogP contribution is -2.42. The van der Waals surface area contributed by atoms with Gasteiger partial charge in [0.1, 0.15) is 0 Å². The summed E-state index contributed by atoms with van der Waals surface area (Å²) in [7, 11) is 0. The molecule has 0 amide bonds. The summed E-state index contributed by atoms with van der Waals surface area (Å²) in [5.41, 5.74) is 6.72. The van der Waals surface area contributed by atoms with Crippen molar-refractivity contribution in [3.63, 3.8) is 0 Å². The number of hydrogen-bond donors (Lipinski definition) is 3. The lowest BCUT2D eigenvalue weighted by molar-refractivity contribution is 0.0617. The molecule has 3 aliphatic rings. The van der Waals surface area contributed by atoms with Crippen LogP contribution in [0, 0.1) is 22.2 Å². The first kappa shape index (κ1) is 16.4. The van der Waals surface area contributed by atoms with Gasteiger partial charge in [-0.25, -0.2) is 0 Å². The standard InChI is InChI=1S/C10H19NO.C6H5ClN2/c1-10(2,3)7-4-6-5-8(11)9(7)12-6;7-4-1-2-5(8)6(9)3-4/h6-9H,4-5,11H2,1-3H3;1-3,8-9H. The molecule has 2 aliphatic heterocycles. The van der Waals surface area contributed by atoms with Crippen LogP contribution in [-0.4, -0.2) is 29.7 Å². The summed E-state index contributed by atoms with van der Waals surface area (Å²) < 4.78 is 5.80. The minimum Gasteiger partial charge on any atom is -0.373 e. The van der Waals surface area contributed by atoms with E-state index in [1.165, 1.54) is 18.6 Å². The van der Waals surface area contributed by atoms with E-state index in [-0.39, 0.29) is 11.4 Å². The van der Waals surface area contributed by atoms with Crippen molar-refractivity contribution in [1.82, 2.24) is 0 Å². The number of fused-ring (bicyclic) bond motifs is 2. The Morgan fingerprint density at radius 2 is 1.86 bits per heavy atom. The average Bonchev–Trinajstić information content (AvgIpc) is 2.93. The fourth-order valence-corrected chi connectivity index (χ4v) is 3.31. The van der Waals surface area contributed by atoms with Gasteiger partial charge < -0.3 is 10.5 Å². The van der Waals surface area contributed by atoms with Crippen LogP contribution >= 0.6 is 11.6 Å². The maximum Gasteiger partial charge on any atom is 0.0804 e. The normalized spacial score (nSPS) is 34.6. The van der Waals surface area contributed by atoms with Gasteiger partial charge in [-0.15, -0.1) is 0 Å². The zero-order valence-electron chi connectivity index (χ0n) is 12.8. The number of halogens is 1. The summed E-state index contributed by atoms with van der Waals surface area (Å²) in [6.07, 6.45) is 7.67. The predicted molar refractivity (Wildman–Crippen MR) is 87.3 cm³/mol.